The lowest BCUT2D eigenvalue weighted by atomic mass is 9.78. The molecule has 0 aliphatic carbocycles. The van der Waals surface area contributed by atoms with Crippen LogP contribution < -0.4 is 19.6 Å². The predicted octanol–water partition coefficient (Wildman–Crippen LogP) is 26.9. The second-order valence-electron chi connectivity index (χ2n) is 29.8. The Morgan fingerprint density at radius 3 is 0.882 bits per heavy atom. The number of hydrogen-bond acceptors (Lipinski definition) is 4. The number of rotatable bonds is 15. The van der Waals surface area contributed by atoms with E-state index in [0.717, 1.165) is 74.7 Å². The van der Waals surface area contributed by atoms with Crippen molar-refractivity contribution in [3.8, 4) is 0 Å². The molecule has 18 rings (SSSR count). The maximum Gasteiger partial charge on any atom is 0.0622 e. The molecule has 0 spiro atoms. The average Bonchev–Trinajstić information content (AvgIpc) is 1.54. The minimum absolute atomic E-state index is 0.0416. The summed E-state index contributed by atoms with van der Waals surface area (Å²) in [5, 5.41) is 9.84. The Kier molecular flexibility index (Phi) is 14.7. The highest BCUT2D eigenvalue weighted by molar-refractivity contribution is 6.30. The van der Waals surface area contributed by atoms with Crippen LogP contribution in [0.2, 0.25) is 0 Å². The molecule has 14 aromatic carbocycles. The van der Waals surface area contributed by atoms with Crippen molar-refractivity contribution in [2.75, 3.05) is 19.6 Å². The number of aromatic nitrogens is 2. The largest absolute Gasteiger partial charge is 0.310 e. The van der Waals surface area contributed by atoms with Crippen molar-refractivity contribution in [3.05, 3.63) is 348 Å². The lowest BCUT2D eigenvalue weighted by molar-refractivity contribution is 0.521. The topological polar surface area (TPSA) is 21.8 Å². The SMILES string of the molecule is Cc1ccc(N(c2ccc(C)cc2)c2cccc3c2c2cccc4c5c(N(c6ccc(C)cc6)c6ccc(C)c(CC(C)(C)c7ccc(N(c8ccccc8)c8cccc9c8c8cccc%10c%11c(N(c%12ccccc%12)c%12ccc(C(C)(C)C)cc%12)cccc%11n9c%108)cc7)c6)cccc5n3c24)cc1. The molecule has 0 bridgehead atoms. The molecule has 4 aromatic heterocycles. The molecule has 6 heteroatoms. The fourth-order valence-corrected chi connectivity index (χ4v) is 16.5. The van der Waals surface area contributed by atoms with E-state index in [1.165, 1.54) is 115 Å². The van der Waals surface area contributed by atoms with Gasteiger partial charge in [-0.2, -0.15) is 0 Å². The van der Waals surface area contributed by atoms with Crippen LogP contribution in [0.1, 0.15) is 73.6 Å². The van der Waals surface area contributed by atoms with Crippen LogP contribution in [0, 0.1) is 27.7 Å². The highest BCUT2D eigenvalue weighted by Crippen LogP contribution is 2.53. The van der Waals surface area contributed by atoms with E-state index < -0.39 is 0 Å². The molecule has 0 unspecified atom stereocenters. The van der Waals surface area contributed by atoms with Crippen molar-refractivity contribution in [1.29, 1.82) is 0 Å². The summed E-state index contributed by atoms with van der Waals surface area (Å²) >= 11 is 0. The smallest absolute Gasteiger partial charge is 0.0622 e. The van der Waals surface area contributed by atoms with Crippen LogP contribution >= 0.6 is 0 Å². The van der Waals surface area contributed by atoms with Gasteiger partial charge in [0.1, 0.15) is 0 Å². The van der Waals surface area contributed by atoms with Gasteiger partial charge in [0, 0.05) is 88.6 Å². The zero-order valence-electron chi connectivity index (χ0n) is 59.3. The highest BCUT2D eigenvalue weighted by Gasteiger charge is 2.31. The summed E-state index contributed by atoms with van der Waals surface area (Å²) in [5.74, 6) is 0. The van der Waals surface area contributed by atoms with Crippen molar-refractivity contribution < 1.29 is 0 Å². The first kappa shape index (κ1) is 62.2. The van der Waals surface area contributed by atoms with Crippen LogP contribution in [0.4, 0.5) is 68.2 Å². The summed E-state index contributed by atoms with van der Waals surface area (Å²) in [7, 11) is 0. The standard InChI is InChI=1S/C96H80N6/c1-62-38-49-71(50-39-62)99(72-51-40-63(2)41-52-72)83-32-20-36-87-91(83)79-28-17-29-80-92-84(33-21-37-88(92)102(87)94(79)80)100(73-53-42-64(3)43-54-73)76-55-44-65(4)66(60-76)61-96(8,9)68-47-58-75(59-48-68)98(70-24-14-11-15-25-70)82-31-19-35-86-90(82)78-27-16-26-77-89-81(30-18-34-85(89)101(86)93(77)78)97(69-22-12-10-13-23-69)74-56-45-67(46-57-74)95(5,6)7/h10-60H,61H2,1-9H3. The van der Waals surface area contributed by atoms with Gasteiger partial charge in [-0.15, -0.1) is 0 Å². The molecule has 102 heavy (non-hydrogen) atoms. The second kappa shape index (κ2) is 24.1. The molecule has 0 amide bonds. The molecule has 0 aliphatic heterocycles. The lowest BCUT2D eigenvalue weighted by Gasteiger charge is -2.31. The Morgan fingerprint density at radius 1 is 0.265 bits per heavy atom. The zero-order valence-corrected chi connectivity index (χ0v) is 59.3. The van der Waals surface area contributed by atoms with Gasteiger partial charge in [0.2, 0.25) is 0 Å². The van der Waals surface area contributed by atoms with Crippen molar-refractivity contribution in [2.45, 2.75) is 79.6 Å². The molecule has 0 fully saturated rings. The van der Waals surface area contributed by atoms with Crippen molar-refractivity contribution in [2.24, 2.45) is 0 Å². The van der Waals surface area contributed by atoms with Crippen LogP contribution in [0.5, 0.6) is 0 Å². The van der Waals surface area contributed by atoms with E-state index in [9.17, 15) is 0 Å². The monoisotopic (exact) mass is 1320 g/mol. The van der Waals surface area contributed by atoms with E-state index >= 15 is 0 Å². The van der Waals surface area contributed by atoms with Crippen LogP contribution in [-0.4, -0.2) is 8.80 Å². The van der Waals surface area contributed by atoms with Gasteiger partial charge in [-0.1, -0.05) is 215 Å². The van der Waals surface area contributed by atoms with Gasteiger partial charge in [0.25, 0.3) is 0 Å². The normalized spacial score (nSPS) is 12.2. The first-order chi connectivity index (χ1) is 49.6. The van der Waals surface area contributed by atoms with Crippen LogP contribution in [0.15, 0.2) is 309 Å². The van der Waals surface area contributed by atoms with Gasteiger partial charge in [0.05, 0.1) is 55.8 Å². The minimum atomic E-state index is -0.241. The minimum Gasteiger partial charge on any atom is -0.310 e. The first-order valence-electron chi connectivity index (χ1n) is 35.9. The molecule has 0 aliphatic rings. The van der Waals surface area contributed by atoms with Gasteiger partial charge < -0.3 is 28.4 Å². The summed E-state index contributed by atoms with van der Waals surface area (Å²) in [4.78, 5) is 9.83. The molecule has 0 radical (unpaired) electrons. The van der Waals surface area contributed by atoms with Crippen LogP contribution in [0.3, 0.4) is 0 Å². The number of hydrogen-bond donors (Lipinski definition) is 0. The summed E-state index contributed by atoms with van der Waals surface area (Å²) in [6.07, 6.45) is 0.835. The molecule has 0 saturated heterocycles. The Hall–Kier alpha value is -12.1. The quantitative estimate of drug-likeness (QED) is 0.102. The van der Waals surface area contributed by atoms with Crippen LogP contribution in [0.25, 0.3) is 76.2 Å². The van der Waals surface area contributed by atoms with Gasteiger partial charge in [-0.3, -0.25) is 0 Å². The molecule has 18 aromatic rings. The van der Waals surface area contributed by atoms with Crippen LogP contribution in [-0.2, 0) is 17.3 Å². The maximum absolute atomic E-state index is 2.53. The zero-order chi connectivity index (χ0) is 69.3. The number of aryl methyl sites for hydroxylation is 4. The van der Waals surface area contributed by atoms with Gasteiger partial charge in [-0.05, 0) is 213 Å². The van der Waals surface area contributed by atoms with Gasteiger partial charge >= 0.3 is 0 Å². The molecule has 4 heterocycles. The fraction of sp³-hybridized carbons (Fsp3) is 0.125. The summed E-state index contributed by atoms with van der Waals surface area (Å²) in [5.41, 5.74) is 29.4. The van der Waals surface area contributed by atoms with Crippen molar-refractivity contribution >= 4 is 144 Å². The van der Waals surface area contributed by atoms with E-state index in [1.807, 2.05) is 0 Å². The van der Waals surface area contributed by atoms with Gasteiger partial charge in [-0.25, -0.2) is 0 Å². The molecular weight excluding hydrogens is 1240 g/mol. The van der Waals surface area contributed by atoms with E-state index in [4.69, 9.17) is 0 Å². The number of anilines is 12. The van der Waals surface area contributed by atoms with E-state index in [2.05, 4.69) is 400 Å². The predicted molar refractivity (Wildman–Crippen MR) is 435 cm³/mol. The van der Waals surface area contributed by atoms with Crippen molar-refractivity contribution in [1.82, 2.24) is 8.80 Å². The average molecular weight is 1320 g/mol. The number of para-hydroxylation sites is 4. The molecule has 0 atom stereocenters. The molecule has 6 nitrogen and oxygen atoms in total. The second-order valence-corrected chi connectivity index (χ2v) is 29.8. The Labute approximate surface area is 597 Å². The number of fused-ring (bicyclic) bond motifs is 12. The summed E-state index contributed by atoms with van der Waals surface area (Å²) < 4.78 is 5.05. The Balaban J connectivity index is 0.713. The number of nitrogens with zero attached hydrogens (tertiary/aromatic N) is 6. The van der Waals surface area contributed by atoms with Crippen molar-refractivity contribution in [3.63, 3.8) is 0 Å². The van der Waals surface area contributed by atoms with E-state index in [-0.39, 0.29) is 10.8 Å². The lowest BCUT2D eigenvalue weighted by Crippen LogP contribution is -2.21. The molecule has 0 N–H and O–H groups in total. The first-order valence-corrected chi connectivity index (χ1v) is 35.9. The number of benzene rings is 14. The highest BCUT2D eigenvalue weighted by atomic mass is 15.2. The van der Waals surface area contributed by atoms with Gasteiger partial charge in [0.15, 0.2) is 0 Å². The fourth-order valence-electron chi connectivity index (χ4n) is 16.5. The Bertz CT molecular complexity index is 6130. The third kappa shape index (κ3) is 10.1. The molecule has 494 valence electrons. The third-order valence-electron chi connectivity index (χ3n) is 21.6. The molecular formula is C96H80N6. The third-order valence-corrected chi connectivity index (χ3v) is 21.6. The summed E-state index contributed by atoms with van der Waals surface area (Å²) in [6, 6.07) is 116. The maximum atomic E-state index is 2.53. The van der Waals surface area contributed by atoms with E-state index in [0.29, 0.717) is 0 Å². The summed E-state index contributed by atoms with van der Waals surface area (Å²) in [6.45, 7) is 20.4. The van der Waals surface area contributed by atoms with E-state index in [1.54, 1.807) is 0 Å². The Morgan fingerprint density at radius 2 is 0.549 bits per heavy atom. The molecule has 0 saturated carbocycles.